The SMILES string of the molecule is CC(C)OC(=O)c1ccc(NC(=O)/C=C/c2ccc(C(C)C)cc2)cc1. The summed E-state index contributed by atoms with van der Waals surface area (Å²) in [4.78, 5) is 23.8. The minimum Gasteiger partial charge on any atom is -0.459 e. The number of carbonyl (C=O) groups excluding carboxylic acids is 2. The third-order valence-electron chi connectivity index (χ3n) is 3.76. The summed E-state index contributed by atoms with van der Waals surface area (Å²) in [6, 6.07) is 14.8. The quantitative estimate of drug-likeness (QED) is 0.587. The Labute approximate surface area is 154 Å². The van der Waals surface area contributed by atoms with Crippen molar-refractivity contribution in [2.24, 2.45) is 0 Å². The Bertz CT molecular complexity index is 772. The number of esters is 1. The number of hydrogen-bond acceptors (Lipinski definition) is 3. The molecule has 0 fully saturated rings. The highest BCUT2D eigenvalue weighted by atomic mass is 16.5. The summed E-state index contributed by atoms with van der Waals surface area (Å²) in [5.74, 6) is -0.116. The second kappa shape index (κ2) is 8.99. The fourth-order valence-electron chi connectivity index (χ4n) is 2.32. The van der Waals surface area contributed by atoms with E-state index in [1.807, 2.05) is 12.1 Å². The molecule has 4 heteroatoms. The van der Waals surface area contributed by atoms with Crippen LogP contribution in [0.3, 0.4) is 0 Å². The van der Waals surface area contributed by atoms with Crippen molar-refractivity contribution in [3.63, 3.8) is 0 Å². The van der Waals surface area contributed by atoms with Crippen LogP contribution in [0.5, 0.6) is 0 Å². The van der Waals surface area contributed by atoms with Gasteiger partial charge < -0.3 is 10.1 Å². The molecule has 136 valence electrons. The minimum absolute atomic E-state index is 0.165. The molecule has 0 radical (unpaired) electrons. The first-order chi connectivity index (χ1) is 12.3. The number of anilines is 1. The van der Waals surface area contributed by atoms with E-state index in [1.165, 1.54) is 11.6 Å². The minimum atomic E-state index is -0.373. The first-order valence-corrected chi connectivity index (χ1v) is 8.75. The Morgan fingerprint density at radius 3 is 2.08 bits per heavy atom. The van der Waals surface area contributed by atoms with Gasteiger partial charge in [-0.3, -0.25) is 4.79 Å². The molecule has 0 saturated heterocycles. The first-order valence-electron chi connectivity index (χ1n) is 8.75. The molecule has 0 saturated carbocycles. The zero-order chi connectivity index (χ0) is 19.1. The van der Waals surface area contributed by atoms with E-state index in [4.69, 9.17) is 4.74 Å². The Hall–Kier alpha value is -2.88. The molecule has 0 aliphatic carbocycles. The molecule has 2 aromatic rings. The zero-order valence-electron chi connectivity index (χ0n) is 15.7. The molecule has 4 nitrogen and oxygen atoms in total. The van der Waals surface area contributed by atoms with Crippen LogP contribution < -0.4 is 5.32 Å². The third-order valence-corrected chi connectivity index (χ3v) is 3.76. The second-order valence-electron chi connectivity index (χ2n) is 6.68. The van der Waals surface area contributed by atoms with Crippen molar-refractivity contribution >= 4 is 23.6 Å². The van der Waals surface area contributed by atoms with Crippen LogP contribution in [0.4, 0.5) is 5.69 Å². The largest absolute Gasteiger partial charge is 0.459 e. The van der Waals surface area contributed by atoms with Gasteiger partial charge in [0.25, 0.3) is 0 Å². The topological polar surface area (TPSA) is 55.4 Å². The standard InChI is InChI=1S/C22H25NO3/c1-15(2)18-8-5-17(6-9-18)7-14-21(24)23-20-12-10-19(11-13-20)22(25)26-16(3)4/h5-16H,1-4H3,(H,23,24)/b14-7+. The molecular formula is C22H25NO3. The average molecular weight is 351 g/mol. The molecule has 1 amide bonds. The number of benzene rings is 2. The molecule has 2 rings (SSSR count). The Kier molecular flexibility index (Phi) is 6.73. The van der Waals surface area contributed by atoms with E-state index in [-0.39, 0.29) is 18.0 Å². The summed E-state index contributed by atoms with van der Waals surface area (Å²) >= 11 is 0. The third kappa shape index (κ3) is 5.88. The maximum Gasteiger partial charge on any atom is 0.338 e. The molecule has 0 aromatic heterocycles. The monoisotopic (exact) mass is 351 g/mol. The Morgan fingerprint density at radius 1 is 0.923 bits per heavy atom. The highest BCUT2D eigenvalue weighted by Gasteiger charge is 2.09. The van der Waals surface area contributed by atoms with Gasteiger partial charge >= 0.3 is 5.97 Å². The van der Waals surface area contributed by atoms with E-state index in [9.17, 15) is 9.59 Å². The molecule has 0 heterocycles. The van der Waals surface area contributed by atoms with E-state index >= 15 is 0 Å². The smallest absolute Gasteiger partial charge is 0.338 e. The molecule has 0 aliphatic rings. The van der Waals surface area contributed by atoms with Crippen LogP contribution in [0.25, 0.3) is 6.08 Å². The lowest BCUT2D eigenvalue weighted by molar-refractivity contribution is -0.111. The fraction of sp³-hybridized carbons (Fsp3) is 0.273. The van der Waals surface area contributed by atoms with Gasteiger partial charge in [0.15, 0.2) is 0 Å². The predicted octanol–water partition coefficient (Wildman–Crippen LogP) is 5.03. The maximum atomic E-state index is 12.0. The van der Waals surface area contributed by atoms with Crippen molar-refractivity contribution in [2.75, 3.05) is 5.32 Å². The molecule has 0 bridgehead atoms. The molecule has 26 heavy (non-hydrogen) atoms. The molecule has 0 atom stereocenters. The van der Waals surface area contributed by atoms with E-state index in [0.717, 1.165) is 5.56 Å². The van der Waals surface area contributed by atoms with Crippen LogP contribution in [0.15, 0.2) is 54.6 Å². The molecule has 0 aliphatic heterocycles. The van der Waals surface area contributed by atoms with Crippen LogP contribution in [0, 0.1) is 0 Å². The lowest BCUT2D eigenvalue weighted by atomic mass is 10.0. The van der Waals surface area contributed by atoms with Crippen LogP contribution in [-0.4, -0.2) is 18.0 Å². The van der Waals surface area contributed by atoms with Gasteiger partial charge in [-0.2, -0.15) is 0 Å². The fourth-order valence-corrected chi connectivity index (χ4v) is 2.32. The van der Waals surface area contributed by atoms with E-state index < -0.39 is 0 Å². The van der Waals surface area contributed by atoms with Crippen molar-refractivity contribution in [1.29, 1.82) is 0 Å². The number of amides is 1. The molecule has 0 unspecified atom stereocenters. The van der Waals surface area contributed by atoms with Gasteiger partial charge in [0.1, 0.15) is 0 Å². The number of ether oxygens (including phenoxy) is 1. The van der Waals surface area contributed by atoms with Gasteiger partial charge in [-0.25, -0.2) is 4.79 Å². The van der Waals surface area contributed by atoms with Crippen LogP contribution in [0.2, 0.25) is 0 Å². The number of nitrogens with one attached hydrogen (secondary N) is 1. The zero-order valence-corrected chi connectivity index (χ0v) is 15.7. The summed E-state index contributed by atoms with van der Waals surface area (Å²) < 4.78 is 5.13. The Balaban J connectivity index is 1.93. The maximum absolute atomic E-state index is 12.0. The highest BCUT2D eigenvalue weighted by molar-refractivity contribution is 6.02. The summed E-state index contributed by atoms with van der Waals surface area (Å²) in [6.07, 6.45) is 3.10. The summed E-state index contributed by atoms with van der Waals surface area (Å²) in [5, 5.41) is 2.77. The molecule has 0 spiro atoms. The van der Waals surface area contributed by atoms with Gasteiger partial charge in [0, 0.05) is 11.8 Å². The Morgan fingerprint density at radius 2 is 1.54 bits per heavy atom. The van der Waals surface area contributed by atoms with E-state index in [1.54, 1.807) is 44.2 Å². The van der Waals surface area contributed by atoms with Gasteiger partial charge in [0.2, 0.25) is 5.91 Å². The molecule has 2 aromatic carbocycles. The van der Waals surface area contributed by atoms with Crippen LogP contribution in [0.1, 0.15) is 55.1 Å². The van der Waals surface area contributed by atoms with Crippen LogP contribution >= 0.6 is 0 Å². The molecular weight excluding hydrogens is 326 g/mol. The predicted molar refractivity (Wildman–Crippen MR) is 105 cm³/mol. The second-order valence-corrected chi connectivity index (χ2v) is 6.68. The van der Waals surface area contributed by atoms with Crippen molar-refractivity contribution in [2.45, 2.75) is 39.7 Å². The normalized spacial score (nSPS) is 11.2. The lowest BCUT2D eigenvalue weighted by Gasteiger charge is -2.08. The number of carbonyl (C=O) groups is 2. The van der Waals surface area contributed by atoms with Gasteiger partial charge in [-0.15, -0.1) is 0 Å². The summed E-state index contributed by atoms with van der Waals surface area (Å²) in [5.41, 5.74) is 3.31. The number of rotatable bonds is 6. The molecule has 1 N–H and O–H groups in total. The van der Waals surface area contributed by atoms with Gasteiger partial charge in [0.05, 0.1) is 11.7 Å². The summed E-state index contributed by atoms with van der Waals surface area (Å²) in [7, 11) is 0. The van der Waals surface area contributed by atoms with Crippen LogP contribution in [-0.2, 0) is 9.53 Å². The first kappa shape index (κ1) is 19.4. The highest BCUT2D eigenvalue weighted by Crippen LogP contribution is 2.15. The van der Waals surface area contributed by atoms with E-state index in [2.05, 4.69) is 31.3 Å². The van der Waals surface area contributed by atoms with Crippen molar-refractivity contribution in [1.82, 2.24) is 0 Å². The van der Waals surface area contributed by atoms with Crippen molar-refractivity contribution in [3.05, 3.63) is 71.3 Å². The van der Waals surface area contributed by atoms with E-state index in [0.29, 0.717) is 17.2 Å². The summed E-state index contributed by atoms with van der Waals surface area (Å²) in [6.45, 7) is 7.89. The number of hydrogen-bond donors (Lipinski definition) is 1. The van der Waals surface area contributed by atoms with Crippen molar-refractivity contribution in [3.8, 4) is 0 Å². The van der Waals surface area contributed by atoms with Crippen molar-refractivity contribution < 1.29 is 14.3 Å². The van der Waals surface area contributed by atoms with Gasteiger partial charge in [-0.1, -0.05) is 38.1 Å². The van der Waals surface area contributed by atoms with Gasteiger partial charge in [-0.05, 0) is 61.2 Å². The lowest BCUT2D eigenvalue weighted by Crippen LogP contribution is -2.12. The average Bonchev–Trinajstić information content (AvgIpc) is 2.60.